The zero-order valence-electron chi connectivity index (χ0n) is 16.7. The van der Waals surface area contributed by atoms with Gasteiger partial charge in [-0.3, -0.25) is 0 Å². The molecule has 0 saturated heterocycles. The Kier molecular flexibility index (Phi) is 5.86. The molecule has 1 aliphatic heterocycles. The number of carbonyl (C=O) groups is 1. The van der Waals surface area contributed by atoms with Crippen LogP contribution in [0.15, 0.2) is 82.7 Å². The lowest BCUT2D eigenvalue weighted by molar-refractivity contribution is -0.136. The number of benzene rings is 3. The molecule has 158 valence electrons. The number of halogens is 1. The topological polar surface area (TPSA) is 91.0 Å². The van der Waals surface area contributed by atoms with E-state index in [1.54, 1.807) is 6.07 Å². The number of methoxy groups -OCH3 is 1. The summed E-state index contributed by atoms with van der Waals surface area (Å²) in [5, 5.41) is 9.88. The van der Waals surface area contributed by atoms with Crippen LogP contribution < -0.4 is 15.2 Å². The summed E-state index contributed by atoms with van der Waals surface area (Å²) in [5.74, 6) is -0.241. The fourth-order valence-electron chi connectivity index (χ4n) is 3.56. The number of esters is 1. The van der Waals surface area contributed by atoms with E-state index in [-0.39, 0.29) is 17.2 Å². The summed E-state index contributed by atoms with van der Waals surface area (Å²) in [4.78, 5) is 12.6. The summed E-state index contributed by atoms with van der Waals surface area (Å²) in [5.41, 5.74) is 8.69. The zero-order valence-corrected chi connectivity index (χ0v) is 18.3. The molecule has 0 spiro atoms. The maximum Gasteiger partial charge on any atom is 0.340 e. The molecule has 1 heterocycles. The second-order valence-corrected chi connectivity index (χ2v) is 7.90. The maximum atomic E-state index is 12.6. The van der Waals surface area contributed by atoms with Crippen LogP contribution >= 0.6 is 15.9 Å². The van der Waals surface area contributed by atoms with E-state index in [1.807, 2.05) is 48.5 Å². The van der Waals surface area contributed by atoms with Gasteiger partial charge in [-0.05, 0) is 29.8 Å². The minimum absolute atomic E-state index is 0.0339. The van der Waals surface area contributed by atoms with Gasteiger partial charge in [0.15, 0.2) is 0 Å². The number of phenols is 1. The monoisotopic (exact) mass is 481 g/mol. The van der Waals surface area contributed by atoms with E-state index in [1.165, 1.54) is 19.2 Å². The van der Waals surface area contributed by atoms with Crippen molar-refractivity contribution in [1.29, 1.82) is 0 Å². The Labute approximate surface area is 188 Å². The van der Waals surface area contributed by atoms with Crippen molar-refractivity contribution in [2.24, 2.45) is 5.73 Å². The first-order valence-electron chi connectivity index (χ1n) is 9.53. The molecule has 1 atom stereocenters. The molecule has 4 rings (SSSR count). The third-order valence-corrected chi connectivity index (χ3v) is 5.55. The number of ether oxygens (including phenoxy) is 3. The molecular weight excluding hydrogens is 462 g/mol. The summed E-state index contributed by atoms with van der Waals surface area (Å²) in [6.45, 7) is 0.350. The Balaban J connectivity index is 1.78. The molecule has 0 aliphatic carbocycles. The van der Waals surface area contributed by atoms with Gasteiger partial charge in [-0.1, -0.05) is 52.3 Å². The summed E-state index contributed by atoms with van der Waals surface area (Å²) < 4.78 is 17.7. The Morgan fingerprint density at radius 2 is 1.84 bits per heavy atom. The second-order valence-electron chi connectivity index (χ2n) is 6.98. The van der Waals surface area contributed by atoms with Gasteiger partial charge in [0.2, 0.25) is 5.88 Å². The minimum atomic E-state index is -0.594. The normalized spacial score (nSPS) is 15.1. The van der Waals surface area contributed by atoms with Crippen LogP contribution in [-0.4, -0.2) is 18.2 Å². The largest absolute Gasteiger partial charge is 0.508 e. The van der Waals surface area contributed by atoms with Crippen molar-refractivity contribution < 1.29 is 24.1 Å². The summed E-state index contributed by atoms with van der Waals surface area (Å²) >= 11 is 3.43. The molecule has 0 bridgehead atoms. The smallest absolute Gasteiger partial charge is 0.340 e. The van der Waals surface area contributed by atoms with Crippen molar-refractivity contribution >= 4 is 21.9 Å². The van der Waals surface area contributed by atoms with Gasteiger partial charge in [-0.2, -0.15) is 0 Å². The standard InChI is InChI=1S/C24H20BrNO5/c1-29-24(28)22-21(18-11-10-16(27)12-20(18)31-23(22)26)17-4-2-3-5-19(17)30-13-14-6-8-15(25)9-7-14/h2-12,21,27H,13,26H2,1H3/t21-/m1/s1. The van der Waals surface area contributed by atoms with E-state index in [0.717, 1.165) is 15.6 Å². The van der Waals surface area contributed by atoms with E-state index in [4.69, 9.17) is 19.9 Å². The van der Waals surface area contributed by atoms with E-state index < -0.39 is 11.9 Å². The third-order valence-electron chi connectivity index (χ3n) is 5.03. The molecule has 3 aromatic carbocycles. The van der Waals surface area contributed by atoms with Crippen molar-refractivity contribution in [2.45, 2.75) is 12.5 Å². The van der Waals surface area contributed by atoms with Crippen LogP contribution in [0.1, 0.15) is 22.6 Å². The van der Waals surface area contributed by atoms with Gasteiger partial charge in [0.25, 0.3) is 0 Å². The lowest BCUT2D eigenvalue weighted by atomic mass is 9.82. The van der Waals surface area contributed by atoms with Crippen molar-refractivity contribution in [1.82, 2.24) is 0 Å². The molecule has 3 aromatic rings. The van der Waals surface area contributed by atoms with Crippen LogP contribution in [0.25, 0.3) is 0 Å². The van der Waals surface area contributed by atoms with Gasteiger partial charge in [0.05, 0.1) is 13.0 Å². The Hall–Kier alpha value is -3.45. The van der Waals surface area contributed by atoms with Crippen LogP contribution in [0.4, 0.5) is 0 Å². The highest BCUT2D eigenvalue weighted by atomic mass is 79.9. The lowest BCUT2D eigenvalue weighted by Gasteiger charge is -2.29. The quantitative estimate of drug-likeness (QED) is 0.517. The van der Waals surface area contributed by atoms with E-state index in [2.05, 4.69) is 15.9 Å². The third kappa shape index (κ3) is 4.22. The molecule has 1 aliphatic rings. The van der Waals surface area contributed by atoms with Crippen molar-refractivity contribution in [3.8, 4) is 17.2 Å². The molecule has 7 heteroatoms. The molecule has 0 radical (unpaired) electrons. The first-order valence-corrected chi connectivity index (χ1v) is 10.3. The highest BCUT2D eigenvalue weighted by Crippen LogP contribution is 2.46. The predicted octanol–water partition coefficient (Wildman–Crippen LogP) is 4.60. The average Bonchev–Trinajstić information content (AvgIpc) is 2.77. The highest BCUT2D eigenvalue weighted by Gasteiger charge is 2.36. The second kappa shape index (κ2) is 8.73. The average molecular weight is 482 g/mol. The van der Waals surface area contributed by atoms with Gasteiger partial charge >= 0.3 is 5.97 Å². The first kappa shape index (κ1) is 20.8. The van der Waals surface area contributed by atoms with Crippen molar-refractivity contribution in [2.75, 3.05) is 7.11 Å². The van der Waals surface area contributed by atoms with Crippen LogP contribution in [0.3, 0.4) is 0 Å². The Morgan fingerprint density at radius 1 is 1.10 bits per heavy atom. The number of hydrogen-bond acceptors (Lipinski definition) is 6. The van der Waals surface area contributed by atoms with Crippen molar-refractivity contribution in [3.63, 3.8) is 0 Å². The van der Waals surface area contributed by atoms with E-state index >= 15 is 0 Å². The van der Waals surface area contributed by atoms with Crippen LogP contribution in [-0.2, 0) is 16.1 Å². The van der Waals surface area contributed by atoms with Gasteiger partial charge in [0.1, 0.15) is 29.4 Å². The number of para-hydroxylation sites is 1. The fraction of sp³-hybridized carbons (Fsp3) is 0.125. The molecule has 0 unspecified atom stereocenters. The fourth-order valence-corrected chi connectivity index (χ4v) is 3.83. The number of aromatic hydroxyl groups is 1. The van der Waals surface area contributed by atoms with Gasteiger partial charge in [-0.25, -0.2) is 4.79 Å². The maximum absolute atomic E-state index is 12.6. The number of carbonyl (C=O) groups excluding carboxylic acids is 1. The molecule has 31 heavy (non-hydrogen) atoms. The van der Waals surface area contributed by atoms with Crippen LogP contribution in [0.2, 0.25) is 0 Å². The molecule has 0 saturated carbocycles. The number of phenolic OH excluding ortho intramolecular Hbond substituents is 1. The zero-order chi connectivity index (χ0) is 22.0. The molecule has 0 fully saturated rings. The minimum Gasteiger partial charge on any atom is -0.508 e. The van der Waals surface area contributed by atoms with Gasteiger partial charge < -0.3 is 25.1 Å². The SMILES string of the molecule is COC(=O)C1=C(N)Oc2cc(O)ccc2[C@H]1c1ccccc1OCc1ccc(Br)cc1. The van der Waals surface area contributed by atoms with E-state index in [0.29, 0.717) is 23.7 Å². The van der Waals surface area contributed by atoms with Crippen LogP contribution in [0.5, 0.6) is 17.2 Å². The number of hydrogen-bond donors (Lipinski definition) is 2. The molecule has 3 N–H and O–H groups in total. The molecule has 6 nitrogen and oxygen atoms in total. The lowest BCUT2D eigenvalue weighted by Crippen LogP contribution is -2.27. The molecule has 0 aromatic heterocycles. The van der Waals surface area contributed by atoms with Gasteiger partial charge in [-0.15, -0.1) is 0 Å². The number of fused-ring (bicyclic) bond motifs is 1. The predicted molar refractivity (Wildman–Crippen MR) is 119 cm³/mol. The Morgan fingerprint density at radius 3 is 2.58 bits per heavy atom. The first-order chi connectivity index (χ1) is 15.0. The highest BCUT2D eigenvalue weighted by molar-refractivity contribution is 9.10. The van der Waals surface area contributed by atoms with Crippen LogP contribution in [0, 0.1) is 0 Å². The summed E-state index contributed by atoms with van der Waals surface area (Å²) in [6, 6.07) is 20.0. The summed E-state index contributed by atoms with van der Waals surface area (Å²) in [7, 11) is 1.29. The molecule has 0 amide bonds. The van der Waals surface area contributed by atoms with Gasteiger partial charge in [0, 0.05) is 21.7 Å². The Bertz CT molecular complexity index is 1160. The molecular formula is C24H20BrNO5. The number of rotatable bonds is 5. The van der Waals surface area contributed by atoms with Crippen molar-refractivity contribution in [3.05, 3.63) is 99.3 Å². The summed E-state index contributed by atoms with van der Waals surface area (Å²) in [6.07, 6.45) is 0. The number of nitrogens with two attached hydrogens (primary N) is 1. The van der Waals surface area contributed by atoms with E-state index in [9.17, 15) is 9.90 Å².